The number of hydrogen-bond donors (Lipinski definition) is 2. The largest absolute Gasteiger partial charge is 0.444 e. The van der Waals surface area contributed by atoms with Crippen LogP contribution in [-0.2, 0) is 18.9 Å². The van der Waals surface area contributed by atoms with Crippen LogP contribution in [0.5, 0.6) is 0 Å². The summed E-state index contributed by atoms with van der Waals surface area (Å²) in [6.07, 6.45) is 13.6. The molecule has 0 bridgehead atoms. The molecule has 2 unspecified atom stereocenters. The summed E-state index contributed by atoms with van der Waals surface area (Å²) in [6.45, 7) is 9.55. The molecule has 11 heteroatoms. The number of anilines is 1. The molecule has 1 amide bonds. The molecule has 3 aromatic rings. The monoisotopic (exact) mass is 582 g/mol. The topological polar surface area (TPSA) is 114 Å². The maximum atomic E-state index is 11.7. The number of unbranched alkanes of at least 4 members (excludes halogenated alkanes) is 1. The fourth-order valence-corrected chi connectivity index (χ4v) is 5.37. The number of benzene rings is 1. The van der Waals surface area contributed by atoms with Gasteiger partial charge >= 0.3 is 6.09 Å². The van der Waals surface area contributed by atoms with E-state index in [0.717, 1.165) is 92.3 Å². The molecule has 2 fully saturated rings. The van der Waals surface area contributed by atoms with Crippen LogP contribution in [0.2, 0.25) is 0 Å². The zero-order chi connectivity index (χ0) is 29.4. The molecule has 2 saturated heterocycles. The second kappa shape index (κ2) is 14.3. The number of alkyl carbamates (subject to hydrolysis) is 1. The number of amides is 1. The van der Waals surface area contributed by atoms with Crippen molar-refractivity contribution in [2.45, 2.75) is 90.2 Å². The van der Waals surface area contributed by atoms with Gasteiger partial charge in [-0.05, 0) is 89.8 Å². The van der Waals surface area contributed by atoms with Crippen molar-refractivity contribution in [2.75, 3.05) is 44.8 Å². The number of hydrogen-bond acceptors (Lipinski definition) is 8. The first kappa shape index (κ1) is 30.3. The van der Waals surface area contributed by atoms with Gasteiger partial charge in [0.05, 0.1) is 24.5 Å². The molecule has 5 rings (SSSR count). The Morgan fingerprint density at radius 3 is 2.48 bits per heavy atom. The van der Waals surface area contributed by atoms with Gasteiger partial charge in [0.25, 0.3) is 0 Å². The minimum atomic E-state index is -0.487. The first-order chi connectivity index (χ1) is 20.4. The van der Waals surface area contributed by atoms with Crippen LogP contribution in [0.25, 0.3) is 22.0 Å². The van der Waals surface area contributed by atoms with E-state index >= 15 is 0 Å². The zero-order valence-electron chi connectivity index (χ0n) is 25.3. The third-order valence-electron chi connectivity index (χ3n) is 7.48. The van der Waals surface area contributed by atoms with Crippen molar-refractivity contribution in [3.63, 3.8) is 0 Å². The van der Waals surface area contributed by atoms with Gasteiger partial charge in [0.1, 0.15) is 11.8 Å². The number of nitrogens with one attached hydrogen (secondary N) is 2. The van der Waals surface area contributed by atoms with Crippen molar-refractivity contribution in [1.29, 1.82) is 0 Å². The molecule has 2 aromatic heterocycles. The smallest absolute Gasteiger partial charge is 0.407 e. The Morgan fingerprint density at radius 1 is 0.952 bits per heavy atom. The van der Waals surface area contributed by atoms with Gasteiger partial charge in [-0.25, -0.2) is 14.2 Å². The van der Waals surface area contributed by atoms with E-state index in [1.807, 2.05) is 42.5 Å². The number of aromatic nitrogens is 4. The highest BCUT2D eigenvalue weighted by Gasteiger charge is 2.22. The summed E-state index contributed by atoms with van der Waals surface area (Å²) in [6, 6.07) is 4.36. The molecule has 0 saturated carbocycles. The lowest BCUT2D eigenvalue weighted by Crippen LogP contribution is -2.33. The number of rotatable bonds is 12. The van der Waals surface area contributed by atoms with E-state index in [4.69, 9.17) is 24.0 Å². The van der Waals surface area contributed by atoms with Gasteiger partial charge in [-0.2, -0.15) is 10.2 Å². The normalized spacial score (nSPS) is 19.6. The molecule has 4 heterocycles. The molecule has 0 spiro atoms. The molecular formula is C31H46N6O5. The van der Waals surface area contributed by atoms with Crippen LogP contribution in [-0.4, -0.2) is 70.8 Å². The van der Waals surface area contributed by atoms with E-state index < -0.39 is 5.60 Å². The Balaban J connectivity index is 1.19. The minimum absolute atomic E-state index is 0.000216. The summed E-state index contributed by atoms with van der Waals surface area (Å²) < 4.78 is 27.1. The summed E-state index contributed by atoms with van der Waals surface area (Å²) >= 11 is 0. The van der Waals surface area contributed by atoms with Crippen LogP contribution in [0.15, 0.2) is 30.7 Å². The highest BCUT2D eigenvalue weighted by molar-refractivity contribution is 5.95. The molecule has 2 atom stereocenters. The fourth-order valence-electron chi connectivity index (χ4n) is 5.37. The first-order valence-electron chi connectivity index (χ1n) is 15.4. The molecule has 230 valence electrons. The third-order valence-corrected chi connectivity index (χ3v) is 7.48. The van der Waals surface area contributed by atoms with Gasteiger partial charge in [-0.15, -0.1) is 0 Å². The van der Waals surface area contributed by atoms with Gasteiger partial charge in [-0.3, -0.25) is 0 Å². The van der Waals surface area contributed by atoms with Crippen LogP contribution < -0.4 is 10.6 Å². The lowest BCUT2D eigenvalue weighted by atomic mass is 10.1. The quantitative estimate of drug-likeness (QED) is 0.249. The van der Waals surface area contributed by atoms with Crippen LogP contribution in [0.4, 0.5) is 10.5 Å². The van der Waals surface area contributed by atoms with Gasteiger partial charge in [0.15, 0.2) is 6.23 Å². The SMILES string of the molecule is CC(C)(C)OC(=O)NCCCCOCCNc1cc(-c2cnn(C3CCCCO3)c2)cc2c1cnn2C1CCCCO1. The summed E-state index contributed by atoms with van der Waals surface area (Å²) in [5.41, 5.74) is 3.68. The van der Waals surface area contributed by atoms with Gasteiger partial charge < -0.3 is 29.6 Å². The summed E-state index contributed by atoms with van der Waals surface area (Å²) in [4.78, 5) is 11.7. The van der Waals surface area contributed by atoms with Gasteiger partial charge in [-0.1, -0.05) is 0 Å². The fraction of sp³-hybridized carbons (Fsp3) is 0.645. The zero-order valence-corrected chi connectivity index (χ0v) is 25.3. The highest BCUT2D eigenvalue weighted by Crippen LogP contribution is 2.35. The second-order valence-corrected chi connectivity index (χ2v) is 12.1. The predicted molar refractivity (Wildman–Crippen MR) is 161 cm³/mol. The van der Waals surface area contributed by atoms with E-state index in [-0.39, 0.29) is 18.5 Å². The lowest BCUT2D eigenvalue weighted by molar-refractivity contribution is -0.0394. The molecule has 2 aliphatic heterocycles. The summed E-state index contributed by atoms with van der Waals surface area (Å²) in [5.74, 6) is 0. The Labute approximate surface area is 248 Å². The molecule has 2 aliphatic rings. The van der Waals surface area contributed by atoms with Crippen molar-refractivity contribution in [1.82, 2.24) is 24.9 Å². The molecule has 0 aliphatic carbocycles. The summed E-state index contributed by atoms with van der Waals surface area (Å²) in [5, 5.41) is 16.8. The van der Waals surface area contributed by atoms with Crippen molar-refractivity contribution < 1.29 is 23.7 Å². The van der Waals surface area contributed by atoms with Crippen molar-refractivity contribution in [3.05, 3.63) is 30.7 Å². The average molecular weight is 583 g/mol. The van der Waals surface area contributed by atoms with Crippen molar-refractivity contribution in [3.8, 4) is 11.1 Å². The van der Waals surface area contributed by atoms with E-state index in [1.165, 1.54) is 0 Å². The molecule has 42 heavy (non-hydrogen) atoms. The van der Waals surface area contributed by atoms with E-state index in [1.54, 1.807) is 0 Å². The second-order valence-electron chi connectivity index (χ2n) is 12.1. The number of carbonyl (C=O) groups excluding carboxylic acids is 1. The van der Waals surface area contributed by atoms with Gasteiger partial charge in [0, 0.05) is 55.7 Å². The minimum Gasteiger partial charge on any atom is -0.444 e. The maximum absolute atomic E-state index is 11.7. The van der Waals surface area contributed by atoms with Crippen molar-refractivity contribution in [2.24, 2.45) is 0 Å². The van der Waals surface area contributed by atoms with Crippen molar-refractivity contribution >= 4 is 22.7 Å². The van der Waals surface area contributed by atoms with Crippen LogP contribution >= 0.6 is 0 Å². The van der Waals surface area contributed by atoms with Crippen LogP contribution in [0.1, 0.15) is 84.6 Å². The van der Waals surface area contributed by atoms with E-state index in [2.05, 4.69) is 34.1 Å². The number of ether oxygens (including phenoxy) is 4. The molecule has 0 radical (unpaired) electrons. The van der Waals surface area contributed by atoms with Crippen LogP contribution in [0.3, 0.4) is 0 Å². The van der Waals surface area contributed by atoms with E-state index in [9.17, 15) is 4.79 Å². The molecular weight excluding hydrogens is 536 g/mol. The summed E-state index contributed by atoms with van der Waals surface area (Å²) in [7, 11) is 0. The Hall–Kier alpha value is -3.15. The standard InChI is InChI=1S/C31H46N6O5/c1-31(2,3)42-30(38)33-12-6-9-14-39-17-13-32-26-18-23(24-20-34-36(22-24)28-10-4-7-15-40-28)19-27-25(26)21-35-37(27)29-11-5-8-16-41-29/h18-22,28-29,32H,4-17H2,1-3H3,(H,33,38). The third kappa shape index (κ3) is 8.23. The van der Waals surface area contributed by atoms with E-state index in [0.29, 0.717) is 26.3 Å². The Morgan fingerprint density at radius 2 is 1.74 bits per heavy atom. The maximum Gasteiger partial charge on any atom is 0.407 e. The molecule has 11 nitrogen and oxygen atoms in total. The molecule has 1 aromatic carbocycles. The molecule has 2 N–H and O–H groups in total. The van der Waals surface area contributed by atoms with Crippen LogP contribution in [0, 0.1) is 0 Å². The number of fused-ring (bicyclic) bond motifs is 1. The average Bonchev–Trinajstić information content (AvgIpc) is 3.64. The predicted octanol–water partition coefficient (Wildman–Crippen LogP) is 6.03. The first-order valence-corrected chi connectivity index (χ1v) is 15.4. The Bertz CT molecular complexity index is 1290. The number of carbonyl (C=O) groups is 1. The number of nitrogens with zero attached hydrogens (tertiary/aromatic N) is 4. The van der Waals surface area contributed by atoms with Gasteiger partial charge in [0.2, 0.25) is 0 Å². The highest BCUT2D eigenvalue weighted by atomic mass is 16.6. The Kier molecular flexibility index (Phi) is 10.4. The lowest BCUT2D eigenvalue weighted by Gasteiger charge is -2.23.